The number of fused-ring (bicyclic) bond motifs is 1. The van der Waals surface area contributed by atoms with Crippen molar-refractivity contribution in [1.29, 1.82) is 0 Å². The van der Waals surface area contributed by atoms with E-state index in [1.807, 2.05) is 43.3 Å². The van der Waals surface area contributed by atoms with Gasteiger partial charge in [-0.2, -0.15) is 0 Å². The second-order valence-corrected chi connectivity index (χ2v) is 10.0. The van der Waals surface area contributed by atoms with Gasteiger partial charge < -0.3 is 10.1 Å². The number of aryl methyl sites for hydroxylation is 1. The van der Waals surface area contributed by atoms with Crippen molar-refractivity contribution in [3.8, 4) is 0 Å². The van der Waals surface area contributed by atoms with E-state index in [4.69, 9.17) is 17.0 Å². The van der Waals surface area contributed by atoms with Crippen LogP contribution in [-0.2, 0) is 19.1 Å². The van der Waals surface area contributed by atoms with Crippen molar-refractivity contribution in [3.63, 3.8) is 0 Å². The maximum Gasteiger partial charge on any atom is 0.267 e. The molecule has 3 heterocycles. The third-order valence-electron chi connectivity index (χ3n) is 6.13. The van der Waals surface area contributed by atoms with Gasteiger partial charge in [0.25, 0.3) is 11.8 Å². The number of benzene rings is 2. The van der Waals surface area contributed by atoms with Gasteiger partial charge in [-0.25, -0.2) is 0 Å². The lowest BCUT2D eigenvalue weighted by Gasteiger charge is -2.18. The highest BCUT2D eigenvalue weighted by Crippen LogP contribution is 2.44. The van der Waals surface area contributed by atoms with E-state index in [2.05, 4.69) is 5.32 Å². The van der Waals surface area contributed by atoms with Crippen molar-refractivity contribution in [2.75, 3.05) is 29.9 Å². The molecule has 9 heteroatoms. The first-order valence-corrected chi connectivity index (χ1v) is 12.3. The topological polar surface area (TPSA) is 79.0 Å². The summed E-state index contributed by atoms with van der Waals surface area (Å²) >= 11 is 6.61. The highest BCUT2D eigenvalue weighted by molar-refractivity contribution is 8.26. The number of nitrogens with zero attached hydrogens (tertiary/aromatic N) is 2. The maximum absolute atomic E-state index is 13.5. The molecular weight excluding hydrogens is 470 g/mol. The lowest BCUT2D eigenvalue weighted by molar-refractivity contribution is -0.123. The average Bonchev–Trinajstić information content (AvgIpc) is 3.50. The van der Waals surface area contributed by atoms with Crippen LogP contribution < -0.4 is 10.2 Å². The van der Waals surface area contributed by atoms with Gasteiger partial charge >= 0.3 is 0 Å². The Labute approximate surface area is 207 Å². The monoisotopic (exact) mass is 493 g/mol. The summed E-state index contributed by atoms with van der Waals surface area (Å²) in [5.41, 5.74) is 3.16. The Morgan fingerprint density at radius 3 is 2.65 bits per heavy atom. The van der Waals surface area contributed by atoms with Gasteiger partial charge in [0.1, 0.15) is 10.9 Å². The number of para-hydroxylation sites is 2. The van der Waals surface area contributed by atoms with Gasteiger partial charge in [0, 0.05) is 17.9 Å². The van der Waals surface area contributed by atoms with Gasteiger partial charge in [-0.3, -0.25) is 24.2 Å². The fourth-order valence-electron chi connectivity index (χ4n) is 4.40. The van der Waals surface area contributed by atoms with Crippen LogP contribution in [-0.4, -0.2) is 52.7 Å². The Morgan fingerprint density at radius 2 is 1.88 bits per heavy atom. The van der Waals surface area contributed by atoms with E-state index in [9.17, 15) is 14.4 Å². The fraction of sp³-hybridized carbons (Fsp3) is 0.280. The van der Waals surface area contributed by atoms with Crippen LogP contribution in [0, 0.1) is 6.92 Å². The van der Waals surface area contributed by atoms with Crippen LogP contribution in [0.5, 0.6) is 0 Å². The molecule has 174 valence electrons. The summed E-state index contributed by atoms with van der Waals surface area (Å²) in [5.74, 6) is -0.974. The van der Waals surface area contributed by atoms with Crippen LogP contribution in [0.2, 0.25) is 0 Å². The Morgan fingerprint density at radius 1 is 1.12 bits per heavy atom. The third kappa shape index (κ3) is 4.15. The number of amides is 3. The molecule has 0 bridgehead atoms. The number of carbonyl (C=O) groups is 3. The highest BCUT2D eigenvalue weighted by Gasteiger charge is 2.43. The van der Waals surface area contributed by atoms with Gasteiger partial charge in [-0.05, 0) is 37.5 Å². The van der Waals surface area contributed by atoms with Crippen molar-refractivity contribution in [1.82, 2.24) is 4.90 Å². The number of hydrogen-bond donors (Lipinski definition) is 1. The number of ether oxygens (including phenoxy) is 1. The van der Waals surface area contributed by atoms with Crippen LogP contribution in [0.25, 0.3) is 5.57 Å². The number of hydrogen-bond acceptors (Lipinski definition) is 6. The van der Waals surface area contributed by atoms with Crippen LogP contribution in [0.15, 0.2) is 53.4 Å². The van der Waals surface area contributed by atoms with Crippen molar-refractivity contribution >= 4 is 63.0 Å². The first-order valence-electron chi connectivity index (χ1n) is 11.1. The summed E-state index contributed by atoms with van der Waals surface area (Å²) in [5, 5.41) is 2.87. The summed E-state index contributed by atoms with van der Waals surface area (Å²) in [4.78, 5) is 42.9. The number of carbonyl (C=O) groups excluding carboxylic acids is 3. The van der Waals surface area contributed by atoms with Crippen LogP contribution in [0.4, 0.5) is 11.4 Å². The summed E-state index contributed by atoms with van der Waals surface area (Å²) < 4.78 is 6.09. The van der Waals surface area contributed by atoms with Crippen LogP contribution >= 0.6 is 24.0 Å². The Kier molecular flexibility index (Phi) is 6.24. The molecule has 2 aromatic carbocycles. The fourth-order valence-corrected chi connectivity index (χ4v) is 5.75. The molecule has 0 radical (unpaired) electrons. The van der Waals surface area contributed by atoms with Crippen LogP contribution in [0.3, 0.4) is 0 Å². The predicted molar refractivity (Wildman–Crippen MR) is 136 cm³/mol. The van der Waals surface area contributed by atoms with E-state index in [0.717, 1.165) is 30.2 Å². The smallest absolute Gasteiger partial charge is 0.267 e. The van der Waals surface area contributed by atoms with Gasteiger partial charge in [-0.15, -0.1) is 0 Å². The van der Waals surface area contributed by atoms with E-state index in [1.54, 1.807) is 12.1 Å². The minimum Gasteiger partial charge on any atom is -0.376 e. The zero-order chi connectivity index (χ0) is 23.8. The molecule has 3 amide bonds. The number of rotatable bonds is 5. The summed E-state index contributed by atoms with van der Waals surface area (Å²) in [6.07, 6.45) is 1.81. The molecule has 34 heavy (non-hydrogen) atoms. The standard InChI is InChI=1S/C25H23N3O4S2/c1-15-7-2-4-10-18(15)26-20(29)14-27-19-11-5-3-9-17(19)21(23(27)30)22-24(31)28(25(33)34-22)13-16-8-6-12-32-16/h2-5,7,9-11,16H,6,8,12-14H2,1H3,(H,26,29)/b22-21-/t16-/m1/s1. The zero-order valence-corrected chi connectivity index (χ0v) is 20.2. The molecule has 1 atom stereocenters. The maximum atomic E-state index is 13.5. The molecule has 0 saturated carbocycles. The molecule has 0 aromatic heterocycles. The normalized spacial score (nSPS) is 22.0. The number of anilines is 2. The van der Waals surface area contributed by atoms with Gasteiger partial charge in [0.15, 0.2) is 0 Å². The van der Waals surface area contributed by atoms with Gasteiger partial charge in [-0.1, -0.05) is 60.4 Å². The second-order valence-electron chi connectivity index (χ2n) is 8.39. The molecule has 0 unspecified atom stereocenters. The minimum absolute atomic E-state index is 0.0416. The molecule has 3 aliphatic heterocycles. The van der Waals surface area contributed by atoms with E-state index >= 15 is 0 Å². The summed E-state index contributed by atoms with van der Waals surface area (Å²) in [6, 6.07) is 14.7. The Balaban J connectivity index is 1.42. The SMILES string of the molecule is Cc1ccccc1NC(=O)CN1C(=O)/C(=C2\SC(=S)N(C[C@H]3CCCO3)C2=O)c2ccccc21. The van der Waals surface area contributed by atoms with Gasteiger partial charge in [0.2, 0.25) is 5.91 Å². The molecule has 2 aromatic rings. The Hall–Kier alpha value is -3.01. The van der Waals surface area contributed by atoms with Crippen molar-refractivity contribution in [3.05, 3.63) is 64.6 Å². The molecule has 2 fully saturated rings. The average molecular weight is 494 g/mol. The van der Waals surface area contributed by atoms with Crippen molar-refractivity contribution in [2.45, 2.75) is 25.9 Å². The molecular formula is C25H23N3O4S2. The molecule has 7 nitrogen and oxygen atoms in total. The number of thioether (sulfide) groups is 1. The van der Waals surface area contributed by atoms with E-state index in [-0.39, 0.29) is 30.4 Å². The summed E-state index contributed by atoms with van der Waals surface area (Å²) in [6.45, 7) is 2.82. The van der Waals surface area contributed by atoms with Crippen molar-refractivity contribution in [2.24, 2.45) is 0 Å². The van der Waals surface area contributed by atoms with E-state index in [1.165, 1.54) is 9.80 Å². The minimum atomic E-state index is -0.376. The Bertz CT molecular complexity index is 1240. The first-order chi connectivity index (χ1) is 16.4. The molecule has 0 spiro atoms. The van der Waals surface area contributed by atoms with Crippen molar-refractivity contribution < 1.29 is 19.1 Å². The third-order valence-corrected chi connectivity index (χ3v) is 7.58. The number of thiocarbonyl (C=S) groups is 1. The summed E-state index contributed by atoms with van der Waals surface area (Å²) in [7, 11) is 0. The first kappa shape index (κ1) is 22.8. The van der Waals surface area contributed by atoms with E-state index in [0.29, 0.717) is 44.9 Å². The lowest BCUT2D eigenvalue weighted by atomic mass is 10.1. The molecule has 3 aliphatic rings. The highest BCUT2D eigenvalue weighted by atomic mass is 32.2. The van der Waals surface area contributed by atoms with Gasteiger partial charge in [0.05, 0.1) is 28.8 Å². The molecule has 5 rings (SSSR count). The number of nitrogens with one attached hydrogen (secondary N) is 1. The largest absolute Gasteiger partial charge is 0.376 e. The second kappa shape index (κ2) is 9.32. The lowest BCUT2D eigenvalue weighted by Crippen LogP contribution is -2.36. The van der Waals surface area contributed by atoms with E-state index < -0.39 is 0 Å². The molecule has 0 aliphatic carbocycles. The zero-order valence-electron chi connectivity index (χ0n) is 18.6. The molecule has 2 saturated heterocycles. The quantitative estimate of drug-likeness (QED) is 0.505. The molecule has 1 N–H and O–H groups in total. The van der Waals surface area contributed by atoms with Crippen LogP contribution in [0.1, 0.15) is 24.0 Å². The predicted octanol–water partition coefficient (Wildman–Crippen LogP) is 3.73.